The Morgan fingerprint density at radius 1 is 1.00 bits per heavy atom. The van der Waals surface area contributed by atoms with E-state index in [0.29, 0.717) is 19.5 Å². The second-order valence-electron chi connectivity index (χ2n) is 10.5. The number of hydrogen-bond donors (Lipinski definition) is 0. The van der Waals surface area contributed by atoms with Gasteiger partial charge in [-0.05, 0) is 56.0 Å². The minimum atomic E-state index is -0.285. The minimum Gasteiger partial charge on any atom is -0.354 e. The maximum absolute atomic E-state index is 13.7. The van der Waals surface area contributed by atoms with E-state index in [2.05, 4.69) is 30.9 Å². The SMILES string of the molecule is CCC[C@@H](C)c1nc(N2CCCN(C(=O)CCc3ccccc3)CC2)c2c(C)nn(-c3ccc(F)cc3)c2n1. The Kier molecular flexibility index (Phi) is 8.19. The van der Waals surface area contributed by atoms with Gasteiger partial charge < -0.3 is 9.80 Å². The van der Waals surface area contributed by atoms with Crippen molar-refractivity contribution in [1.82, 2.24) is 24.6 Å². The number of carbonyl (C=O) groups is 1. The van der Waals surface area contributed by atoms with Gasteiger partial charge >= 0.3 is 0 Å². The number of amides is 1. The molecule has 7 nitrogen and oxygen atoms in total. The molecule has 0 unspecified atom stereocenters. The first-order chi connectivity index (χ1) is 18.9. The maximum Gasteiger partial charge on any atom is 0.222 e. The number of anilines is 1. The van der Waals surface area contributed by atoms with Crippen LogP contribution in [0, 0.1) is 12.7 Å². The van der Waals surface area contributed by atoms with Gasteiger partial charge in [0.25, 0.3) is 0 Å². The highest BCUT2D eigenvalue weighted by molar-refractivity contribution is 5.91. The fourth-order valence-corrected chi connectivity index (χ4v) is 5.38. The van der Waals surface area contributed by atoms with Gasteiger partial charge in [0, 0.05) is 38.5 Å². The number of halogens is 1. The highest BCUT2D eigenvalue weighted by Gasteiger charge is 2.26. The van der Waals surface area contributed by atoms with E-state index in [1.165, 1.54) is 17.7 Å². The van der Waals surface area contributed by atoms with E-state index in [0.717, 1.165) is 72.8 Å². The van der Waals surface area contributed by atoms with Crippen LogP contribution >= 0.6 is 0 Å². The molecular formula is C31H37FN6O. The third-order valence-electron chi connectivity index (χ3n) is 7.55. The Morgan fingerprint density at radius 2 is 1.77 bits per heavy atom. The first-order valence-electron chi connectivity index (χ1n) is 14.0. The summed E-state index contributed by atoms with van der Waals surface area (Å²) in [6, 6.07) is 16.5. The number of aryl methyl sites for hydroxylation is 2. The number of fused-ring (bicyclic) bond motifs is 1. The molecule has 4 aromatic rings. The van der Waals surface area contributed by atoms with Crippen LogP contribution in [0.1, 0.15) is 62.5 Å². The Morgan fingerprint density at radius 3 is 2.51 bits per heavy atom. The zero-order chi connectivity index (χ0) is 27.4. The molecular weight excluding hydrogens is 491 g/mol. The van der Waals surface area contributed by atoms with Crippen molar-refractivity contribution in [1.29, 1.82) is 0 Å². The summed E-state index contributed by atoms with van der Waals surface area (Å²) in [5.41, 5.74) is 3.52. The van der Waals surface area contributed by atoms with E-state index in [9.17, 15) is 9.18 Å². The fraction of sp³-hybridized carbons (Fsp3) is 0.419. The molecule has 1 atom stereocenters. The van der Waals surface area contributed by atoms with Crippen molar-refractivity contribution in [3.63, 3.8) is 0 Å². The fourth-order valence-electron chi connectivity index (χ4n) is 5.38. The van der Waals surface area contributed by atoms with Crippen LogP contribution in [0.4, 0.5) is 10.2 Å². The molecule has 0 spiro atoms. The third-order valence-corrected chi connectivity index (χ3v) is 7.55. The quantitative estimate of drug-likeness (QED) is 0.288. The maximum atomic E-state index is 13.7. The molecule has 0 radical (unpaired) electrons. The number of hydrogen-bond acceptors (Lipinski definition) is 5. The molecule has 0 bridgehead atoms. The Hall–Kier alpha value is -3.81. The molecule has 8 heteroatoms. The number of benzene rings is 2. The topological polar surface area (TPSA) is 67.2 Å². The first-order valence-corrected chi connectivity index (χ1v) is 14.0. The van der Waals surface area contributed by atoms with Crippen LogP contribution in [0.15, 0.2) is 54.6 Å². The van der Waals surface area contributed by atoms with Crippen LogP contribution in [0.3, 0.4) is 0 Å². The number of rotatable bonds is 8. The van der Waals surface area contributed by atoms with Crippen molar-refractivity contribution >= 4 is 22.8 Å². The monoisotopic (exact) mass is 528 g/mol. The van der Waals surface area contributed by atoms with Gasteiger partial charge in [-0.1, -0.05) is 50.6 Å². The van der Waals surface area contributed by atoms with Gasteiger partial charge in [-0.15, -0.1) is 0 Å². The van der Waals surface area contributed by atoms with Crippen LogP contribution in [-0.2, 0) is 11.2 Å². The summed E-state index contributed by atoms with van der Waals surface area (Å²) < 4.78 is 15.5. The van der Waals surface area contributed by atoms with Crippen LogP contribution in [-0.4, -0.2) is 56.7 Å². The predicted octanol–water partition coefficient (Wildman–Crippen LogP) is 5.84. The lowest BCUT2D eigenvalue weighted by atomic mass is 10.1. The summed E-state index contributed by atoms with van der Waals surface area (Å²) in [5, 5.41) is 5.72. The largest absolute Gasteiger partial charge is 0.354 e. The van der Waals surface area contributed by atoms with Crippen molar-refractivity contribution in [2.45, 2.75) is 58.8 Å². The van der Waals surface area contributed by atoms with Crippen molar-refractivity contribution in [2.24, 2.45) is 0 Å². The van der Waals surface area contributed by atoms with Crippen LogP contribution < -0.4 is 4.90 Å². The smallest absolute Gasteiger partial charge is 0.222 e. The second-order valence-corrected chi connectivity index (χ2v) is 10.5. The van der Waals surface area contributed by atoms with Crippen molar-refractivity contribution in [3.05, 3.63) is 77.5 Å². The van der Waals surface area contributed by atoms with Gasteiger partial charge in [-0.25, -0.2) is 19.0 Å². The Labute approximate surface area is 229 Å². The molecule has 204 valence electrons. The zero-order valence-electron chi connectivity index (χ0n) is 23.1. The summed E-state index contributed by atoms with van der Waals surface area (Å²) in [6.45, 7) is 9.21. The predicted molar refractivity (Wildman–Crippen MR) is 153 cm³/mol. The molecule has 2 aromatic carbocycles. The lowest BCUT2D eigenvalue weighted by Crippen LogP contribution is -2.35. The third kappa shape index (κ3) is 5.95. The summed E-state index contributed by atoms with van der Waals surface area (Å²) in [4.78, 5) is 27.5. The molecule has 5 rings (SSSR count). The molecule has 1 amide bonds. The lowest BCUT2D eigenvalue weighted by Gasteiger charge is -2.24. The molecule has 2 aromatic heterocycles. The summed E-state index contributed by atoms with van der Waals surface area (Å²) >= 11 is 0. The van der Waals surface area contributed by atoms with Gasteiger partial charge in [-0.3, -0.25) is 4.79 Å². The number of carbonyl (C=O) groups excluding carboxylic acids is 1. The van der Waals surface area contributed by atoms with Gasteiger partial charge in [0.15, 0.2) is 5.65 Å². The Balaban J connectivity index is 1.44. The van der Waals surface area contributed by atoms with Gasteiger partial charge in [0.2, 0.25) is 5.91 Å². The summed E-state index contributed by atoms with van der Waals surface area (Å²) in [7, 11) is 0. The molecule has 0 saturated carbocycles. The lowest BCUT2D eigenvalue weighted by molar-refractivity contribution is -0.130. The zero-order valence-corrected chi connectivity index (χ0v) is 23.1. The normalized spacial score (nSPS) is 15.0. The van der Waals surface area contributed by atoms with E-state index in [4.69, 9.17) is 15.1 Å². The molecule has 3 heterocycles. The number of nitrogens with zero attached hydrogens (tertiary/aromatic N) is 6. The summed E-state index contributed by atoms with van der Waals surface area (Å²) in [6.07, 6.45) is 4.17. The van der Waals surface area contributed by atoms with E-state index in [1.54, 1.807) is 16.8 Å². The van der Waals surface area contributed by atoms with Gasteiger partial charge in [-0.2, -0.15) is 5.10 Å². The molecule has 39 heavy (non-hydrogen) atoms. The Bertz CT molecular complexity index is 1420. The minimum absolute atomic E-state index is 0.193. The summed E-state index contributed by atoms with van der Waals surface area (Å²) in [5.74, 6) is 1.78. The van der Waals surface area contributed by atoms with E-state index >= 15 is 0 Å². The van der Waals surface area contributed by atoms with Gasteiger partial charge in [0.1, 0.15) is 17.5 Å². The average Bonchev–Trinajstić information content (AvgIpc) is 3.11. The van der Waals surface area contributed by atoms with E-state index in [-0.39, 0.29) is 17.6 Å². The molecule has 1 saturated heterocycles. The van der Waals surface area contributed by atoms with Crippen LogP contribution in [0.25, 0.3) is 16.7 Å². The van der Waals surface area contributed by atoms with E-state index in [1.807, 2.05) is 30.0 Å². The second kappa shape index (κ2) is 11.9. The van der Waals surface area contributed by atoms with Crippen LogP contribution in [0.2, 0.25) is 0 Å². The molecule has 0 aliphatic carbocycles. The highest BCUT2D eigenvalue weighted by Crippen LogP contribution is 2.32. The van der Waals surface area contributed by atoms with Crippen molar-refractivity contribution in [3.8, 4) is 5.69 Å². The van der Waals surface area contributed by atoms with Crippen molar-refractivity contribution in [2.75, 3.05) is 31.1 Å². The number of aromatic nitrogens is 4. The highest BCUT2D eigenvalue weighted by atomic mass is 19.1. The van der Waals surface area contributed by atoms with Gasteiger partial charge in [0.05, 0.1) is 16.8 Å². The van der Waals surface area contributed by atoms with Crippen molar-refractivity contribution < 1.29 is 9.18 Å². The molecule has 1 aliphatic heterocycles. The van der Waals surface area contributed by atoms with Crippen LogP contribution in [0.5, 0.6) is 0 Å². The standard InChI is InChI=1S/C31H37FN6O/c1-4-9-22(2)29-33-30(28-23(3)35-38(31(28)34-29)26-15-13-25(32)14-16-26)37-19-8-18-36(20-21-37)27(39)17-12-24-10-6-5-7-11-24/h5-7,10-11,13-16,22H,4,8-9,12,17-21H2,1-3H3/t22-/m1/s1. The van der Waals surface area contributed by atoms with E-state index < -0.39 is 0 Å². The molecule has 0 N–H and O–H groups in total. The molecule has 1 aliphatic rings. The first kappa shape index (κ1) is 26.8. The average molecular weight is 529 g/mol. The molecule has 1 fully saturated rings.